The second-order valence-electron chi connectivity index (χ2n) is 6.57. The van der Waals surface area contributed by atoms with E-state index in [9.17, 15) is 9.59 Å². The first kappa shape index (κ1) is 18.5. The van der Waals surface area contributed by atoms with E-state index in [1.165, 1.54) is 5.56 Å². The number of pyridine rings is 1. The number of nitrogens with one attached hydrogen (secondary N) is 1. The number of carbonyl (C=O) groups excluding carboxylic acids is 2. The fraction of sp³-hybridized carbons (Fsp3) is 0.174. The Kier molecular flexibility index (Phi) is 6.10. The average Bonchev–Trinajstić information content (AvgIpc) is 2.69. The summed E-state index contributed by atoms with van der Waals surface area (Å²) in [4.78, 5) is 28.3. The van der Waals surface area contributed by atoms with Crippen molar-refractivity contribution in [2.24, 2.45) is 0 Å². The number of hydrogen-bond donors (Lipinski definition) is 1. The summed E-state index contributed by atoms with van der Waals surface area (Å²) in [5.41, 5.74) is 4.84. The van der Waals surface area contributed by atoms with E-state index in [0.29, 0.717) is 5.56 Å². The van der Waals surface area contributed by atoms with E-state index in [1.54, 1.807) is 24.5 Å². The van der Waals surface area contributed by atoms with Crippen molar-refractivity contribution < 1.29 is 9.59 Å². The van der Waals surface area contributed by atoms with Crippen molar-refractivity contribution in [3.05, 3.63) is 95.3 Å². The molecule has 2 aromatic carbocycles. The number of aryl methyl sites for hydroxylation is 1. The van der Waals surface area contributed by atoms with Crippen LogP contribution in [-0.2, 0) is 11.2 Å². The predicted octanol–water partition coefficient (Wildman–Crippen LogP) is 4.58. The lowest BCUT2D eigenvalue weighted by Crippen LogP contribution is -2.13. The number of amides is 1. The van der Waals surface area contributed by atoms with Gasteiger partial charge in [0.15, 0.2) is 5.78 Å². The molecule has 0 atom stereocenters. The summed E-state index contributed by atoms with van der Waals surface area (Å²) >= 11 is 0. The molecule has 3 rings (SSSR count). The molecular formula is C23H22N2O2. The summed E-state index contributed by atoms with van der Waals surface area (Å²) < 4.78 is 0. The molecule has 27 heavy (non-hydrogen) atoms. The van der Waals surface area contributed by atoms with Crippen LogP contribution in [-0.4, -0.2) is 16.7 Å². The summed E-state index contributed by atoms with van der Waals surface area (Å²) in [7, 11) is 0. The van der Waals surface area contributed by atoms with E-state index < -0.39 is 0 Å². The van der Waals surface area contributed by atoms with E-state index in [1.807, 2.05) is 55.5 Å². The van der Waals surface area contributed by atoms with E-state index >= 15 is 0 Å². The first-order valence-electron chi connectivity index (χ1n) is 8.98. The number of aromatic nitrogens is 1. The van der Waals surface area contributed by atoms with Crippen LogP contribution in [0.25, 0.3) is 0 Å². The number of rotatable bonds is 7. The molecular weight excluding hydrogens is 336 g/mol. The van der Waals surface area contributed by atoms with Gasteiger partial charge in [-0.1, -0.05) is 42.0 Å². The van der Waals surface area contributed by atoms with Gasteiger partial charge in [0, 0.05) is 36.5 Å². The van der Waals surface area contributed by atoms with Crippen LogP contribution in [0.1, 0.15) is 39.9 Å². The molecule has 0 radical (unpaired) electrons. The second kappa shape index (κ2) is 8.90. The zero-order valence-corrected chi connectivity index (χ0v) is 15.3. The molecule has 4 nitrogen and oxygen atoms in total. The first-order chi connectivity index (χ1) is 13.1. The Hall–Kier alpha value is -3.27. The normalized spacial score (nSPS) is 10.4. The molecule has 0 aliphatic rings. The lowest BCUT2D eigenvalue weighted by molar-refractivity contribution is -0.116. The Balaban J connectivity index is 1.49. The quantitative estimate of drug-likeness (QED) is 0.629. The molecule has 0 bridgehead atoms. The average molecular weight is 358 g/mol. The number of hydrogen-bond acceptors (Lipinski definition) is 3. The number of anilines is 1. The molecule has 3 aromatic rings. The lowest BCUT2D eigenvalue weighted by atomic mass is 10.0. The first-order valence-corrected chi connectivity index (χ1v) is 8.98. The van der Waals surface area contributed by atoms with Gasteiger partial charge >= 0.3 is 0 Å². The van der Waals surface area contributed by atoms with E-state index in [4.69, 9.17) is 0 Å². The number of nitrogens with zero attached hydrogens (tertiary/aromatic N) is 1. The maximum Gasteiger partial charge on any atom is 0.224 e. The van der Waals surface area contributed by atoms with Crippen molar-refractivity contribution >= 4 is 17.4 Å². The van der Waals surface area contributed by atoms with Gasteiger partial charge in [0.2, 0.25) is 5.91 Å². The number of benzene rings is 2. The molecule has 4 heteroatoms. The van der Waals surface area contributed by atoms with E-state index in [0.717, 1.165) is 23.2 Å². The van der Waals surface area contributed by atoms with Gasteiger partial charge in [-0.3, -0.25) is 14.6 Å². The molecule has 0 unspecified atom stereocenters. The maximum atomic E-state index is 12.1. The van der Waals surface area contributed by atoms with Crippen LogP contribution < -0.4 is 5.32 Å². The molecule has 0 aliphatic heterocycles. The maximum absolute atomic E-state index is 12.1. The number of ketones is 1. The van der Waals surface area contributed by atoms with Gasteiger partial charge in [0.25, 0.3) is 0 Å². The minimum absolute atomic E-state index is 0.0159. The largest absolute Gasteiger partial charge is 0.326 e. The molecule has 0 spiro atoms. The molecule has 0 fully saturated rings. The highest BCUT2D eigenvalue weighted by molar-refractivity contribution is 6.00. The van der Waals surface area contributed by atoms with Crippen molar-refractivity contribution in [2.45, 2.75) is 26.2 Å². The van der Waals surface area contributed by atoms with Crippen LogP contribution >= 0.6 is 0 Å². The summed E-state index contributed by atoms with van der Waals surface area (Å²) in [6.07, 6.45) is 4.76. The van der Waals surface area contributed by atoms with Crippen molar-refractivity contribution in [1.29, 1.82) is 0 Å². The van der Waals surface area contributed by atoms with Crippen molar-refractivity contribution in [2.75, 3.05) is 5.32 Å². The van der Waals surface area contributed by atoms with Gasteiger partial charge in [0.05, 0.1) is 0 Å². The van der Waals surface area contributed by atoms with E-state index in [2.05, 4.69) is 10.3 Å². The summed E-state index contributed by atoms with van der Waals surface area (Å²) in [5.74, 6) is -0.171. The highest BCUT2D eigenvalue weighted by Crippen LogP contribution is 2.14. The highest BCUT2D eigenvalue weighted by atomic mass is 16.2. The lowest BCUT2D eigenvalue weighted by Gasteiger charge is -2.07. The van der Waals surface area contributed by atoms with Gasteiger partial charge in [-0.05, 0) is 48.7 Å². The van der Waals surface area contributed by atoms with Crippen LogP contribution in [0.2, 0.25) is 0 Å². The van der Waals surface area contributed by atoms with Crippen LogP contribution in [0, 0.1) is 6.92 Å². The Labute approximate surface area is 159 Å². The van der Waals surface area contributed by atoms with Gasteiger partial charge in [-0.25, -0.2) is 0 Å². The van der Waals surface area contributed by atoms with Crippen LogP contribution in [0.3, 0.4) is 0 Å². The highest BCUT2D eigenvalue weighted by Gasteiger charge is 2.09. The van der Waals surface area contributed by atoms with Crippen LogP contribution in [0.5, 0.6) is 0 Å². The zero-order valence-electron chi connectivity index (χ0n) is 15.3. The third-order valence-corrected chi connectivity index (χ3v) is 4.35. The SMILES string of the molecule is Cc1ccc(C(=O)CCC(=O)Nc2ccc(Cc3ccncc3)cc2)cc1. The predicted molar refractivity (Wildman–Crippen MR) is 107 cm³/mol. The third-order valence-electron chi connectivity index (χ3n) is 4.35. The summed E-state index contributed by atoms with van der Waals surface area (Å²) in [6.45, 7) is 1.98. The van der Waals surface area contributed by atoms with Crippen molar-refractivity contribution in [1.82, 2.24) is 4.98 Å². The van der Waals surface area contributed by atoms with Gasteiger partial charge < -0.3 is 5.32 Å². The second-order valence-corrected chi connectivity index (χ2v) is 6.57. The summed E-state index contributed by atoms with van der Waals surface area (Å²) in [6, 6.07) is 19.1. The fourth-order valence-corrected chi connectivity index (χ4v) is 2.78. The number of carbonyl (C=O) groups is 2. The van der Waals surface area contributed by atoms with E-state index in [-0.39, 0.29) is 24.5 Å². The molecule has 136 valence electrons. The molecule has 1 aromatic heterocycles. The van der Waals surface area contributed by atoms with Gasteiger partial charge in [0.1, 0.15) is 0 Å². The topological polar surface area (TPSA) is 59.1 Å². The van der Waals surface area contributed by atoms with Gasteiger partial charge in [-0.2, -0.15) is 0 Å². The minimum Gasteiger partial charge on any atom is -0.326 e. The van der Waals surface area contributed by atoms with Crippen molar-refractivity contribution in [3.8, 4) is 0 Å². The van der Waals surface area contributed by atoms with Crippen molar-refractivity contribution in [3.63, 3.8) is 0 Å². The van der Waals surface area contributed by atoms with Crippen LogP contribution in [0.15, 0.2) is 73.1 Å². The fourth-order valence-electron chi connectivity index (χ4n) is 2.78. The third kappa shape index (κ3) is 5.61. The Bertz CT molecular complexity index is 901. The number of Topliss-reactive ketones (excluding diaryl/α,β-unsaturated/α-hetero) is 1. The molecule has 1 heterocycles. The smallest absolute Gasteiger partial charge is 0.224 e. The standard InChI is InChI=1S/C23H22N2O2/c1-17-2-6-20(7-3-17)22(26)10-11-23(27)25-21-8-4-18(5-9-21)16-19-12-14-24-15-13-19/h2-9,12-15H,10-11,16H2,1H3,(H,25,27). The molecule has 1 amide bonds. The Morgan fingerprint density at radius 3 is 2.11 bits per heavy atom. The van der Waals surface area contributed by atoms with Gasteiger partial charge in [-0.15, -0.1) is 0 Å². The monoisotopic (exact) mass is 358 g/mol. The molecule has 0 saturated heterocycles. The molecule has 0 saturated carbocycles. The molecule has 0 aliphatic carbocycles. The molecule has 1 N–H and O–H groups in total. The Morgan fingerprint density at radius 1 is 0.815 bits per heavy atom. The summed E-state index contributed by atoms with van der Waals surface area (Å²) in [5, 5.41) is 2.85. The Morgan fingerprint density at radius 2 is 1.44 bits per heavy atom. The van der Waals surface area contributed by atoms with Crippen LogP contribution in [0.4, 0.5) is 5.69 Å². The minimum atomic E-state index is -0.155. The zero-order chi connectivity index (χ0) is 19.1.